The highest BCUT2D eigenvalue weighted by atomic mass is 16.5. The van der Waals surface area contributed by atoms with Crippen LogP contribution < -0.4 is 10.6 Å². The van der Waals surface area contributed by atoms with E-state index in [1.54, 1.807) is 31.0 Å². The lowest BCUT2D eigenvalue weighted by molar-refractivity contribution is 0.0600. The van der Waals surface area contributed by atoms with Crippen molar-refractivity contribution in [2.75, 3.05) is 32.7 Å². The van der Waals surface area contributed by atoms with Crippen molar-refractivity contribution in [2.45, 2.75) is 31.6 Å². The average Bonchev–Trinajstić information content (AvgIpc) is 3.50. The summed E-state index contributed by atoms with van der Waals surface area (Å²) in [5.41, 5.74) is 3.40. The number of carbonyl (C=O) groups excluding carboxylic acids is 2. The zero-order valence-corrected chi connectivity index (χ0v) is 21.8. The molecule has 3 aromatic rings. The number of methoxy groups -OCH3 is 2. The Hall–Kier alpha value is -3.65. The fourth-order valence-corrected chi connectivity index (χ4v) is 5.34. The molecule has 8 heteroatoms. The predicted octanol–water partition coefficient (Wildman–Crippen LogP) is 5.23. The van der Waals surface area contributed by atoms with E-state index in [-0.39, 0.29) is 12.0 Å². The monoisotopic (exact) mass is 504 g/mol. The fraction of sp³-hybridized carbons (Fsp3) is 0.414. The minimum Gasteiger partial charge on any atom is -0.465 e. The Morgan fingerprint density at radius 3 is 2.49 bits per heavy atom. The third-order valence-corrected chi connectivity index (χ3v) is 7.27. The number of hydrogen-bond acceptors (Lipinski definition) is 5. The van der Waals surface area contributed by atoms with Crippen LogP contribution in [0.5, 0.6) is 0 Å². The quantitative estimate of drug-likeness (QED) is 0.369. The van der Waals surface area contributed by atoms with E-state index in [1.165, 1.54) is 19.1 Å². The van der Waals surface area contributed by atoms with Crippen LogP contribution in [-0.2, 0) is 16.5 Å². The van der Waals surface area contributed by atoms with Gasteiger partial charge < -0.3 is 14.8 Å². The number of rotatable bonds is 10. The van der Waals surface area contributed by atoms with Crippen LogP contribution in [0.2, 0.25) is 0 Å². The molecular formula is C29H36N4O4. The van der Waals surface area contributed by atoms with Crippen molar-refractivity contribution in [2.24, 2.45) is 18.9 Å². The number of aromatic nitrogens is 2. The Morgan fingerprint density at radius 2 is 1.78 bits per heavy atom. The van der Waals surface area contributed by atoms with E-state index in [2.05, 4.69) is 46.1 Å². The van der Waals surface area contributed by atoms with Crippen molar-refractivity contribution in [1.29, 1.82) is 0 Å². The van der Waals surface area contributed by atoms with Crippen molar-refractivity contribution < 1.29 is 19.1 Å². The molecule has 0 saturated heterocycles. The van der Waals surface area contributed by atoms with Gasteiger partial charge in [-0.05, 0) is 61.1 Å². The van der Waals surface area contributed by atoms with Crippen LogP contribution in [0, 0.1) is 11.8 Å². The van der Waals surface area contributed by atoms with Gasteiger partial charge in [0.25, 0.3) is 0 Å². The van der Waals surface area contributed by atoms with E-state index in [0.717, 1.165) is 31.4 Å². The first-order chi connectivity index (χ1) is 18.0. The van der Waals surface area contributed by atoms with Crippen LogP contribution in [0.1, 0.15) is 47.5 Å². The molecule has 1 aliphatic carbocycles. The SMILES string of the molecule is COCCC1CC(CCNC(=O)Nc2cc(-c3ccc(C(=O)OC)cc3)nn2C)[C@H](c2ccccc2)C1. The third kappa shape index (κ3) is 6.77. The van der Waals surface area contributed by atoms with E-state index in [9.17, 15) is 9.59 Å². The Balaban J connectivity index is 1.31. The highest BCUT2D eigenvalue weighted by Crippen LogP contribution is 2.45. The maximum absolute atomic E-state index is 12.7. The van der Waals surface area contributed by atoms with Crippen molar-refractivity contribution >= 4 is 17.8 Å². The van der Waals surface area contributed by atoms with Crippen LogP contribution in [0.15, 0.2) is 60.7 Å². The summed E-state index contributed by atoms with van der Waals surface area (Å²) in [6.45, 7) is 1.40. The summed E-state index contributed by atoms with van der Waals surface area (Å²) in [5, 5.41) is 10.4. The van der Waals surface area contributed by atoms with E-state index >= 15 is 0 Å². The second-order valence-electron chi connectivity index (χ2n) is 9.67. The number of anilines is 1. The molecule has 1 heterocycles. The first-order valence-corrected chi connectivity index (χ1v) is 12.8. The largest absolute Gasteiger partial charge is 0.465 e. The Kier molecular flexibility index (Phi) is 8.95. The first-order valence-electron chi connectivity index (χ1n) is 12.8. The molecule has 0 radical (unpaired) electrons. The molecule has 1 saturated carbocycles. The molecular weight excluding hydrogens is 468 g/mol. The van der Waals surface area contributed by atoms with Gasteiger partial charge in [0.05, 0.1) is 18.4 Å². The second-order valence-corrected chi connectivity index (χ2v) is 9.67. The zero-order chi connectivity index (χ0) is 26.2. The number of ether oxygens (including phenoxy) is 2. The van der Waals surface area contributed by atoms with Gasteiger partial charge in [0.1, 0.15) is 5.82 Å². The maximum Gasteiger partial charge on any atom is 0.337 e. The minimum atomic E-state index is -0.384. The van der Waals surface area contributed by atoms with E-state index in [0.29, 0.717) is 41.4 Å². The van der Waals surface area contributed by atoms with Crippen LogP contribution in [0.25, 0.3) is 11.3 Å². The lowest BCUT2D eigenvalue weighted by atomic mass is 9.87. The molecule has 1 aliphatic rings. The smallest absolute Gasteiger partial charge is 0.337 e. The van der Waals surface area contributed by atoms with Crippen molar-refractivity contribution in [3.8, 4) is 11.3 Å². The normalized spacial score (nSPS) is 18.9. The standard InChI is InChI=1S/C29H36N4O4/c1-33-27(19-26(32-33)22-9-11-23(12-10-22)28(34)37-3)31-29(35)30-15-13-24-17-20(14-16-36-2)18-25(24)21-7-5-4-6-8-21/h4-12,19-20,24-25H,13-18H2,1-3H3,(H2,30,31,35)/t20?,24?,25-/m0/s1. The van der Waals surface area contributed by atoms with Crippen LogP contribution >= 0.6 is 0 Å². The lowest BCUT2D eigenvalue weighted by Crippen LogP contribution is -2.31. The topological polar surface area (TPSA) is 94.5 Å². The number of aryl methyl sites for hydroxylation is 1. The van der Waals surface area contributed by atoms with Crippen LogP contribution in [-0.4, -0.2) is 49.2 Å². The zero-order valence-electron chi connectivity index (χ0n) is 21.8. The van der Waals surface area contributed by atoms with Gasteiger partial charge in [-0.15, -0.1) is 0 Å². The van der Waals surface area contributed by atoms with Crippen LogP contribution in [0.4, 0.5) is 10.6 Å². The van der Waals surface area contributed by atoms with Gasteiger partial charge in [-0.2, -0.15) is 5.10 Å². The Bertz CT molecular complexity index is 1180. The van der Waals surface area contributed by atoms with Crippen LogP contribution in [0.3, 0.4) is 0 Å². The number of carbonyl (C=O) groups is 2. The highest BCUT2D eigenvalue weighted by Gasteiger charge is 2.34. The van der Waals surface area contributed by atoms with Crippen molar-refractivity contribution in [1.82, 2.24) is 15.1 Å². The van der Waals surface area contributed by atoms with E-state index in [4.69, 9.17) is 9.47 Å². The highest BCUT2D eigenvalue weighted by molar-refractivity contribution is 5.90. The van der Waals surface area contributed by atoms with Gasteiger partial charge in [0.2, 0.25) is 0 Å². The summed E-state index contributed by atoms with van der Waals surface area (Å²) in [4.78, 5) is 24.3. The van der Waals surface area contributed by atoms with E-state index < -0.39 is 0 Å². The number of benzene rings is 2. The lowest BCUT2D eigenvalue weighted by Gasteiger charge is -2.20. The van der Waals surface area contributed by atoms with Gasteiger partial charge in [-0.1, -0.05) is 42.5 Å². The number of urea groups is 1. The number of amides is 2. The van der Waals surface area contributed by atoms with Gasteiger partial charge in [0.15, 0.2) is 0 Å². The summed E-state index contributed by atoms with van der Waals surface area (Å²) in [6.07, 6.45) is 4.34. The number of hydrogen-bond donors (Lipinski definition) is 2. The third-order valence-electron chi connectivity index (χ3n) is 7.27. The molecule has 1 fully saturated rings. The molecule has 4 rings (SSSR count). The molecule has 196 valence electrons. The molecule has 3 atom stereocenters. The molecule has 37 heavy (non-hydrogen) atoms. The summed E-state index contributed by atoms with van der Waals surface area (Å²) >= 11 is 0. The molecule has 0 spiro atoms. The number of esters is 1. The van der Waals surface area contributed by atoms with Gasteiger partial charge >= 0.3 is 12.0 Å². The van der Waals surface area contributed by atoms with Gasteiger partial charge in [-0.25, -0.2) is 9.59 Å². The predicted molar refractivity (Wildman–Crippen MR) is 144 cm³/mol. The molecule has 1 aromatic heterocycles. The Morgan fingerprint density at radius 1 is 1.03 bits per heavy atom. The van der Waals surface area contributed by atoms with Gasteiger partial charge in [0, 0.05) is 38.9 Å². The molecule has 2 aromatic carbocycles. The molecule has 2 amide bonds. The fourth-order valence-electron chi connectivity index (χ4n) is 5.34. The molecule has 0 bridgehead atoms. The number of nitrogens with one attached hydrogen (secondary N) is 2. The summed E-state index contributed by atoms with van der Waals surface area (Å²) in [5.74, 6) is 1.90. The molecule has 2 unspecified atom stereocenters. The summed E-state index contributed by atoms with van der Waals surface area (Å²) in [7, 11) is 4.90. The van der Waals surface area contributed by atoms with Crippen molar-refractivity contribution in [3.05, 3.63) is 71.8 Å². The first kappa shape index (κ1) is 26.4. The average molecular weight is 505 g/mol. The second kappa shape index (κ2) is 12.5. The number of nitrogens with zero attached hydrogens (tertiary/aromatic N) is 2. The molecule has 2 N–H and O–H groups in total. The molecule has 0 aliphatic heterocycles. The van der Waals surface area contributed by atoms with Gasteiger partial charge in [-0.3, -0.25) is 10.00 Å². The summed E-state index contributed by atoms with van der Waals surface area (Å²) in [6, 6.07) is 19.3. The molecule has 8 nitrogen and oxygen atoms in total. The maximum atomic E-state index is 12.7. The minimum absolute atomic E-state index is 0.249. The summed E-state index contributed by atoms with van der Waals surface area (Å²) < 4.78 is 11.7. The van der Waals surface area contributed by atoms with Crippen molar-refractivity contribution in [3.63, 3.8) is 0 Å². The Labute approximate surface area is 218 Å². The van der Waals surface area contributed by atoms with E-state index in [1.807, 2.05) is 18.2 Å².